The highest BCUT2D eigenvalue weighted by atomic mass is 19.4. The molecule has 11 heteroatoms. The first-order chi connectivity index (χ1) is 18.1. The minimum Gasteiger partial charge on any atom is -0.435 e. The van der Waals surface area contributed by atoms with Crippen LogP contribution in [0.25, 0.3) is 45.1 Å². The van der Waals surface area contributed by atoms with E-state index in [-0.39, 0.29) is 41.2 Å². The molecule has 0 aliphatic carbocycles. The van der Waals surface area contributed by atoms with Gasteiger partial charge in [-0.1, -0.05) is 36.4 Å². The molecule has 196 valence electrons. The summed E-state index contributed by atoms with van der Waals surface area (Å²) >= 11 is 0. The van der Waals surface area contributed by atoms with Crippen molar-refractivity contribution in [1.82, 2.24) is 25.1 Å². The average Bonchev–Trinajstić information content (AvgIpc) is 3.48. The minimum atomic E-state index is -4.74. The van der Waals surface area contributed by atoms with Crippen molar-refractivity contribution >= 4 is 11.1 Å². The van der Waals surface area contributed by atoms with Crippen LogP contribution in [0.4, 0.5) is 17.6 Å². The highest BCUT2D eigenvalue weighted by Crippen LogP contribution is 2.43. The number of fused-ring (bicyclic) bond motifs is 1. The number of hydrogen-bond acceptors (Lipinski definition) is 6. The van der Waals surface area contributed by atoms with E-state index in [0.29, 0.717) is 11.4 Å². The van der Waals surface area contributed by atoms with Gasteiger partial charge in [0, 0.05) is 25.7 Å². The summed E-state index contributed by atoms with van der Waals surface area (Å²) in [7, 11) is 1.68. The van der Waals surface area contributed by atoms with E-state index >= 15 is 4.39 Å². The van der Waals surface area contributed by atoms with E-state index in [2.05, 4.69) is 20.5 Å². The molecule has 0 radical (unpaired) electrons. The number of aryl methyl sites for hydroxylation is 1. The van der Waals surface area contributed by atoms with Crippen LogP contribution in [-0.4, -0.2) is 37.5 Å². The van der Waals surface area contributed by atoms with Crippen molar-refractivity contribution in [3.8, 4) is 34.0 Å². The minimum absolute atomic E-state index is 0.0636. The van der Waals surface area contributed by atoms with E-state index in [1.165, 1.54) is 18.5 Å². The number of halogens is 4. The van der Waals surface area contributed by atoms with E-state index < -0.39 is 29.2 Å². The Morgan fingerprint density at radius 1 is 1.08 bits per heavy atom. The van der Waals surface area contributed by atoms with Gasteiger partial charge in [0.25, 0.3) is 0 Å². The number of nitrogens with zero attached hydrogens (tertiary/aromatic N) is 4. The summed E-state index contributed by atoms with van der Waals surface area (Å²) in [5, 5.41) is 20.4. The molecule has 2 N–H and O–H groups in total. The zero-order chi connectivity index (χ0) is 27.0. The van der Waals surface area contributed by atoms with E-state index in [9.17, 15) is 18.3 Å². The molecule has 0 bridgehead atoms. The largest absolute Gasteiger partial charge is 0.435 e. The van der Waals surface area contributed by atoms with Crippen molar-refractivity contribution in [1.29, 1.82) is 0 Å². The third-order valence-electron chi connectivity index (χ3n) is 6.01. The predicted octanol–water partition coefficient (Wildman–Crippen LogP) is 5.59. The number of oxazole rings is 1. The molecule has 0 saturated carbocycles. The zero-order valence-electron chi connectivity index (χ0n) is 20.4. The first-order valence-corrected chi connectivity index (χ1v) is 11.8. The summed E-state index contributed by atoms with van der Waals surface area (Å²) < 4.78 is 64.9. The van der Waals surface area contributed by atoms with Gasteiger partial charge in [0.05, 0.1) is 11.7 Å². The average molecular weight is 526 g/mol. The fourth-order valence-corrected chi connectivity index (χ4v) is 4.32. The molecule has 0 unspecified atom stereocenters. The van der Waals surface area contributed by atoms with E-state index in [4.69, 9.17) is 4.42 Å². The molecular weight excluding hydrogens is 502 g/mol. The monoisotopic (exact) mass is 525 g/mol. The van der Waals surface area contributed by atoms with Crippen LogP contribution in [0.2, 0.25) is 0 Å². The Labute approximate surface area is 214 Å². The topological polar surface area (TPSA) is 89.0 Å². The van der Waals surface area contributed by atoms with Gasteiger partial charge >= 0.3 is 6.18 Å². The molecule has 1 atom stereocenters. The molecule has 2 aromatic heterocycles. The van der Waals surface area contributed by atoms with Crippen molar-refractivity contribution in [2.24, 2.45) is 7.05 Å². The summed E-state index contributed by atoms with van der Waals surface area (Å²) in [4.78, 5) is 4.32. The molecule has 5 aromatic rings. The Morgan fingerprint density at radius 3 is 2.50 bits per heavy atom. The number of nitrogens with one attached hydrogen (secondary N) is 1. The molecule has 3 aromatic carbocycles. The maximum atomic E-state index is 15.5. The fourth-order valence-electron chi connectivity index (χ4n) is 4.32. The number of rotatable bonds is 7. The van der Waals surface area contributed by atoms with Gasteiger partial charge in [-0.05, 0) is 41.8 Å². The van der Waals surface area contributed by atoms with Gasteiger partial charge in [-0.2, -0.15) is 13.2 Å². The second kappa shape index (κ2) is 9.99. The van der Waals surface area contributed by atoms with E-state index in [1.54, 1.807) is 24.6 Å². The summed E-state index contributed by atoms with van der Waals surface area (Å²) in [5.41, 5.74) is 0.178. The van der Waals surface area contributed by atoms with Crippen LogP contribution in [-0.2, 0) is 19.8 Å². The zero-order valence-corrected chi connectivity index (χ0v) is 20.4. The first-order valence-electron chi connectivity index (χ1n) is 11.8. The Kier molecular flexibility index (Phi) is 6.72. The summed E-state index contributed by atoms with van der Waals surface area (Å²) in [5.74, 6) is -0.755. The van der Waals surface area contributed by atoms with E-state index in [1.807, 2.05) is 30.3 Å². The quantitative estimate of drug-likeness (QED) is 0.270. The highest BCUT2D eigenvalue weighted by Gasteiger charge is 2.36. The second-order valence-electron chi connectivity index (χ2n) is 8.96. The van der Waals surface area contributed by atoms with E-state index in [0.717, 1.165) is 11.6 Å². The highest BCUT2D eigenvalue weighted by molar-refractivity contribution is 5.92. The van der Waals surface area contributed by atoms with Gasteiger partial charge in [-0.25, -0.2) is 9.37 Å². The second-order valence-corrected chi connectivity index (χ2v) is 8.96. The van der Waals surface area contributed by atoms with Gasteiger partial charge < -0.3 is 19.4 Å². The molecule has 0 spiro atoms. The van der Waals surface area contributed by atoms with Gasteiger partial charge in [0.2, 0.25) is 5.89 Å². The van der Waals surface area contributed by atoms with Gasteiger partial charge in [-0.3, -0.25) is 0 Å². The smallest absolute Gasteiger partial charge is 0.420 e. The van der Waals surface area contributed by atoms with Crippen molar-refractivity contribution in [2.75, 3.05) is 6.54 Å². The van der Waals surface area contributed by atoms with Crippen molar-refractivity contribution in [3.63, 3.8) is 0 Å². The fraction of sp³-hybridized carbons (Fsp3) is 0.222. The number of aliphatic hydroxyl groups is 1. The van der Waals surface area contributed by atoms with Crippen LogP contribution >= 0.6 is 0 Å². The van der Waals surface area contributed by atoms with Crippen molar-refractivity contribution < 1.29 is 27.1 Å². The van der Waals surface area contributed by atoms with Crippen LogP contribution in [0.3, 0.4) is 0 Å². The summed E-state index contributed by atoms with van der Waals surface area (Å²) in [6.07, 6.45) is -3.97. The summed E-state index contributed by atoms with van der Waals surface area (Å²) in [6, 6.07) is 14.4. The Morgan fingerprint density at radius 2 is 1.84 bits per heavy atom. The van der Waals surface area contributed by atoms with Gasteiger partial charge in [0.1, 0.15) is 23.2 Å². The number of hydrogen-bond donors (Lipinski definition) is 2. The Bertz CT molecular complexity index is 1590. The normalized spacial score (nSPS) is 12.8. The number of aliphatic hydroxyl groups excluding tert-OH is 1. The van der Waals surface area contributed by atoms with Crippen LogP contribution < -0.4 is 5.32 Å². The Hall–Kier alpha value is -4.09. The van der Waals surface area contributed by atoms with Gasteiger partial charge in [-0.15, -0.1) is 10.2 Å². The summed E-state index contributed by atoms with van der Waals surface area (Å²) in [6.45, 7) is 1.82. The lowest BCUT2D eigenvalue weighted by atomic mass is 9.94. The molecule has 0 amide bonds. The maximum Gasteiger partial charge on any atom is 0.420 e. The third-order valence-corrected chi connectivity index (χ3v) is 6.01. The van der Waals surface area contributed by atoms with Crippen LogP contribution in [0.1, 0.15) is 18.1 Å². The van der Waals surface area contributed by atoms with Gasteiger partial charge in [0.15, 0.2) is 11.4 Å². The first kappa shape index (κ1) is 25.6. The van der Waals surface area contributed by atoms with Crippen LogP contribution in [0, 0.1) is 5.82 Å². The molecule has 2 heterocycles. The molecule has 0 aliphatic heterocycles. The number of alkyl halides is 3. The number of benzene rings is 3. The molecule has 0 aliphatic rings. The predicted molar refractivity (Wildman–Crippen MR) is 133 cm³/mol. The number of aromatic nitrogens is 4. The lowest BCUT2D eigenvalue weighted by molar-refractivity contribution is -0.136. The van der Waals surface area contributed by atoms with Crippen molar-refractivity contribution in [3.05, 3.63) is 77.9 Å². The molecule has 0 saturated heterocycles. The van der Waals surface area contributed by atoms with Crippen molar-refractivity contribution in [2.45, 2.75) is 25.7 Å². The lowest BCUT2D eigenvalue weighted by Gasteiger charge is -2.14. The molecule has 7 nitrogen and oxygen atoms in total. The maximum absolute atomic E-state index is 15.5. The molecule has 5 rings (SSSR count). The third kappa shape index (κ3) is 4.90. The standard InChI is InChI=1S/C27H23F4N5O2/c1-15(37)12-32-13-16-10-19(27(29,30)31)24-21(11-16)34-26(38-24)23-20(28)9-8-18(17-6-4-3-5-7-17)22(23)25-35-33-14-36(25)2/h3-11,14-15,32,37H,12-13H2,1-2H3/t15-/m1/s1. The van der Waals surface area contributed by atoms with Crippen LogP contribution in [0.5, 0.6) is 0 Å². The molecule has 38 heavy (non-hydrogen) atoms. The SMILES string of the molecule is C[C@@H](O)CNCc1cc(C(F)(F)F)c2oc(-c3c(F)ccc(-c4ccccc4)c3-c3nncn3C)nc2c1. The van der Waals surface area contributed by atoms with Crippen LogP contribution in [0.15, 0.2) is 65.3 Å². The Balaban J connectivity index is 1.74. The molecular formula is C27H23F4N5O2. The molecule has 0 fully saturated rings. The lowest BCUT2D eigenvalue weighted by Crippen LogP contribution is -2.24.